The number of amides is 1. The number of ether oxygens (including phenoxy) is 1. The molecule has 2 aliphatic rings. The molecule has 0 bridgehead atoms. The summed E-state index contributed by atoms with van der Waals surface area (Å²) in [4.78, 5) is 30.9. The van der Waals surface area contributed by atoms with Crippen molar-refractivity contribution in [3.05, 3.63) is 41.7 Å². The molecule has 4 aromatic rings. The van der Waals surface area contributed by atoms with Crippen molar-refractivity contribution >= 4 is 44.2 Å². The molecular weight excluding hydrogens is 533 g/mol. The second-order valence-electron chi connectivity index (χ2n) is 10.2. The first-order valence-electron chi connectivity index (χ1n) is 13.2. The van der Waals surface area contributed by atoms with Crippen molar-refractivity contribution in [1.29, 1.82) is 5.26 Å². The molecule has 3 aromatic heterocycles. The Bertz CT molecular complexity index is 1620. The quantitative estimate of drug-likeness (QED) is 0.360. The van der Waals surface area contributed by atoms with Gasteiger partial charge < -0.3 is 24.5 Å². The summed E-state index contributed by atoms with van der Waals surface area (Å²) in [5.74, 6) is -0.150. The average molecular weight is 562 g/mol. The Morgan fingerprint density at radius 2 is 2.12 bits per heavy atom. The van der Waals surface area contributed by atoms with Gasteiger partial charge in [-0.05, 0) is 43.3 Å². The Morgan fingerprint density at radius 1 is 1.25 bits per heavy atom. The average Bonchev–Trinajstić information content (AvgIpc) is 3.60. The number of anilines is 1. The van der Waals surface area contributed by atoms with Crippen LogP contribution in [0.2, 0.25) is 0 Å². The second-order valence-corrected chi connectivity index (χ2v) is 11.1. The Labute approximate surface area is 234 Å². The Morgan fingerprint density at radius 3 is 2.90 bits per heavy atom. The predicted octanol–water partition coefficient (Wildman–Crippen LogP) is 4.60. The van der Waals surface area contributed by atoms with E-state index in [1.807, 2.05) is 41.6 Å². The number of aromatic nitrogens is 3. The predicted molar refractivity (Wildman–Crippen MR) is 150 cm³/mol. The van der Waals surface area contributed by atoms with Gasteiger partial charge in [-0.15, -0.1) is 11.3 Å². The number of carboxylic acid groups (broad SMARTS) is 1. The van der Waals surface area contributed by atoms with E-state index in [-0.39, 0.29) is 42.8 Å². The molecule has 2 atom stereocenters. The first-order valence-corrected chi connectivity index (χ1v) is 14.1. The number of likely N-dealkylation sites (N-methyl/N-ethyl adjacent to an activating group) is 1. The Hall–Kier alpha value is -4.08. The van der Waals surface area contributed by atoms with Crippen LogP contribution >= 0.6 is 11.3 Å². The molecule has 6 rings (SSSR count). The molecule has 206 valence electrons. The number of rotatable bonds is 6. The van der Waals surface area contributed by atoms with Crippen LogP contribution < -0.4 is 9.64 Å². The molecule has 2 saturated heterocycles. The van der Waals surface area contributed by atoms with E-state index in [1.54, 1.807) is 6.20 Å². The molecule has 0 radical (unpaired) electrons. The van der Waals surface area contributed by atoms with E-state index in [1.165, 1.54) is 16.2 Å². The fraction of sp³-hybridized carbons (Fsp3) is 0.393. The van der Waals surface area contributed by atoms with Gasteiger partial charge in [-0.1, -0.05) is 18.2 Å². The maximum atomic E-state index is 16.3. The number of nitrogens with zero attached hydrogens (tertiary/aromatic N) is 7. The van der Waals surface area contributed by atoms with Crippen LogP contribution in [0.1, 0.15) is 19.3 Å². The number of hydrogen-bond donors (Lipinski definition) is 1. The summed E-state index contributed by atoms with van der Waals surface area (Å²) >= 11 is 1.53. The van der Waals surface area contributed by atoms with Gasteiger partial charge in [0.15, 0.2) is 5.82 Å². The second kappa shape index (κ2) is 10.8. The summed E-state index contributed by atoms with van der Waals surface area (Å²) in [7, 11) is 2.05. The van der Waals surface area contributed by atoms with Gasteiger partial charge in [-0.25, -0.2) is 9.18 Å². The lowest BCUT2D eigenvalue weighted by Gasteiger charge is -2.39. The zero-order chi connectivity index (χ0) is 27.8. The summed E-state index contributed by atoms with van der Waals surface area (Å²) in [5.41, 5.74) is 0.979. The SMILES string of the molecule is CN1CCC[C@H]1COc1nc(N2CCN(C(=O)O)[C@@H](CC#N)C2)c2cnc(-c3cccc4ccsc34)c(F)c2n1. The van der Waals surface area contributed by atoms with Gasteiger partial charge >= 0.3 is 12.1 Å². The van der Waals surface area contributed by atoms with Crippen molar-refractivity contribution in [1.82, 2.24) is 24.8 Å². The number of halogens is 1. The lowest BCUT2D eigenvalue weighted by molar-refractivity contribution is 0.119. The number of nitriles is 1. The highest BCUT2D eigenvalue weighted by Crippen LogP contribution is 2.37. The zero-order valence-corrected chi connectivity index (χ0v) is 22.8. The number of likely N-dealkylation sites (tertiary alicyclic amines) is 1. The third kappa shape index (κ3) is 4.76. The minimum absolute atomic E-state index is 0.0325. The minimum Gasteiger partial charge on any atom is -0.465 e. The van der Waals surface area contributed by atoms with Gasteiger partial charge in [-0.2, -0.15) is 15.2 Å². The van der Waals surface area contributed by atoms with Crippen molar-refractivity contribution < 1.29 is 19.0 Å². The molecule has 40 heavy (non-hydrogen) atoms. The molecule has 1 aromatic carbocycles. The van der Waals surface area contributed by atoms with E-state index in [4.69, 9.17) is 4.74 Å². The Balaban J connectivity index is 1.44. The Kier molecular flexibility index (Phi) is 7.08. The van der Waals surface area contributed by atoms with Gasteiger partial charge in [0.25, 0.3) is 0 Å². The van der Waals surface area contributed by atoms with Gasteiger partial charge in [0, 0.05) is 42.1 Å². The lowest BCUT2D eigenvalue weighted by atomic mass is 10.1. The number of benzene rings is 1. The fourth-order valence-corrected chi connectivity index (χ4v) is 6.55. The van der Waals surface area contributed by atoms with E-state index >= 15 is 4.39 Å². The van der Waals surface area contributed by atoms with E-state index in [9.17, 15) is 15.2 Å². The van der Waals surface area contributed by atoms with Crippen molar-refractivity contribution in [2.24, 2.45) is 0 Å². The highest BCUT2D eigenvalue weighted by molar-refractivity contribution is 7.17. The van der Waals surface area contributed by atoms with E-state index < -0.39 is 18.0 Å². The van der Waals surface area contributed by atoms with E-state index in [0.29, 0.717) is 29.9 Å². The first-order chi connectivity index (χ1) is 19.4. The smallest absolute Gasteiger partial charge is 0.407 e. The maximum absolute atomic E-state index is 16.3. The van der Waals surface area contributed by atoms with Crippen LogP contribution in [0, 0.1) is 17.1 Å². The van der Waals surface area contributed by atoms with Gasteiger partial charge in [0.1, 0.15) is 23.6 Å². The van der Waals surface area contributed by atoms with Crippen molar-refractivity contribution in [2.75, 3.05) is 44.7 Å². The van der Waals surface area contributed by atoms with Crippen LogP contribution in [0.4, 0.5) is 15.0 Å². The summed E-state index contributed by atoms with van der Waals surface area (Å²) in [5, 5.41) is 22.3. The molecule has 2 aliphatic heterocycles. The molecule has 0 spiro atoms. The van der Waals surface area contributed by atoms with Crippen LogP contribution in [0.5, 0.6) is 6.01 Å². The van der Waals surface area contributed by atoms with Crippen LogP contribution in [-0.4, -0.2) is 87.9 Å². The molecule has 10 nitrogen and oxygen atoms in total. The summed E-state index contributed by atoms with van der Waals surface area (Å²) < 4.78 is 23.3. The molecule has 1 amide bonds. The van der Waals surface area contributed by atoms with Crippen LogP contribution in [0.3, 0.4) is 0 Å². The van der Waals surface area contributed by atoms with Crippen LogP contribution in [0.25, 0.3) is 32.2 Å². The molecule has 0 unspecified atom stereocenters. The van der Waals surface area contributed by atoms with E-state index in [2.05, 4.69) is 25.9 Å². The standard InChI is InChI=1S/C28H28FN7O3S/c1-34-10-3-5-19(34)16-39-27-32-24-21(26(33-27)35-11-12-36(28(37)38)18(15-35)7-9-30)14-31-23(22(24)29)20-6-2-4-17-8-13-40-25(17)20/h2,4,6,8,13-14,18-19H,3,5,7,10-12,15-16H2,1H3,(H,37,38)/t18-,19-/m0/s1. The summed E-state index contributed by atoms with van der Waals surface area (Å²) in [6.45, 7) is 2.10. The monoisotopic (exact) mass is 561 g/mol. The van der Waals surface area contributed by atoms with Gasteiger partial charge in [0.05, 0.1) is 23.9 Å². The maximum Gasteiger partial charge on any atom is 0.407 e. The topological polar surface area (TPSA) is 119 Å². The number of hydrogen-bond acceptors (Lipinski definition) is 9. The van der Waals surface area contributed by atoms with Crippen molar-refractivity contribution in [3.8, 4) is 23.3 Å². The normalized spacial score (nSPS) is 19.8. The molecule has 2 fully saturated rings. The molecule has 0 aliphatic carbocycles. The lowest BCUT2D eigenvalue weighted by Crippen LogP contribution is -2.55. The molecule has 5 heterocycles. The third-order valence-corrected chi connectivity index (χ3v) is 8.77. The molecule has 1 N–H and O–H groups in total. The van der Waals surface area contributed by atoms with Crippen LogP contribution in [-0.2, 0) is 0 Å². The number of piperazine rings is 1. The van der Waals surface area contributed by atoms with Crippen molar-refractivity contribution in [2.45, 2.75) is 31.3 Å². The third-order valence-electron chi connectivity index (χ3n) is 7.81. The molecular formula is C28H28FN7O3S. The molecule has 0 saturated carbocycles. The number of fused-ring (bicyclic) bond motifs is 2. The van der Waals surface area contributed by atoms with E-state index in [0.717, 1.165) is 29.5 Å². The first kappa shape index (κ1) is 26.2. The largest absolute Gasteiger partial charge is 0.465 e. The number of pyridine rings is 1. The summed E-state index contributed by atoms with van der Waals surface area (Å²) in [6, 6.07) is 9.51. The zero-order valence-electron chi connectivity index (χ0n) is 22.0. The highest BCUT2D eigenvalue weighted by Gasteiger charge is 2.33. The fourth-order valence-electron chi connectivity index (χ4n) is 5.63. The highest BCUT2D eigenvalue weighted by atomic mass is 32.1. The minimum atomic E-state index is -1.07. The van der Waals surface area contributed by atoms with Gasteiger partial charge in [-0.3, -0.25) is 4.98 Å². The summed E-state index contributed by atoms with van der Waals surface area (Å²) in [6.07, 6.45) is 2.62. The number of thiophene rings is 1. The van der Waals surface area contributed by atoms with Crippen LogP contribution in [0.15, 0.2) is 35.8 Å². The number of carbonyl (C=O) groups is 1. The van der Waals surface area contributed by atoms with Gasteiger partial charge in [0.2, 0.25) is 0 Å². The van der Waals surface area contributed by atoms with Crippen molar-refractivity contribution in [3.63, 3.8) is 0 Å². The molecule has 12 heteroatoms.